The Balaban J connectivity index is 1.61. The number of carbonyl (C=O) groups is 3. The van der Waals surface area contributed by atoms with Gasteiger partial charge in [0.2, 0.25) is 5.91 Å². The van der Waals surface area contributed by atoms with E-state index in [0.717, 1.165) is 19.3 Å². The van der Waals surface area contributed by atoms with Gasteiger partial charge in [0.25, 0.3) is 11.6 Å². The SMILES string of the molecule is C[C@@H]1[C@@H]2CN(C(=O)[C@H](C(C)(C)C)NC(=O)O[C@@H]3C[C@H](C)[C@H](C)[C@H]3CC/C=C/Cn3c(nc4cc(Cl)ccc4c3=O)O2)[C@@H]1C(=O)OC(C)(C)C. The Kier molecular flexibility index (Phi) is 10.4. The number of rotatable bonds is 1. The number of nitrogens with one attached hydrogen (secondary N) is 1. The Bertz CT molecular complexity index is 1680. The molecule has 0 radical (unpaired) electrons. The molecule has 2 fully saturated rings. The van der Waals surface area contributed by atoms with E-state index in [-0.39, 0.29) is 36.7 Å². The fourth-order valence-electron chi connectivity index (χ4n) is 7.39. The fraction of sp³-hybridized carbons (Fsp3) is 0.649. The molecular weight excluding hydrogens is 648 g/mol. The van der Waals surface area contributed by atoms with Crippen molar-refractivity contribution in [3.05, 3.63) is 45.7 Å². The molecule has 1 N–H and O–H groups in total. The third kappa shape index (κ3) is 7.92. The summed E-state index contributed by atoms with van der Waals surface area (Å²) < 4.78 is 19.9. The van der Waals surface area contributed by atoms with Crippen molar-refractivity contribution in [2.45, 2.75) is 118 Å². The van der Waals surface area contributed by atoms with Crippen LogP contribution < -0.4 is 15.6 Å². The van der Waals surface area contributed by atoms with Crippen molar-refractivity contribution in [3.8, 4) is 6.01 Å². The number of amides is 2. The second kappa shape index (κ2) is 14.0. The van der Waals surface area contributed by atoms with Crippen LogP contribution in [0.5, 0.6) is 6.01 Å². The summed E-state index contributed by atoms with van der Waals surface area (Å²) in [5.74, 6) is -0.800. The quantitative estimate of drug-likeness (QED) is 0.278. The van der Waals surface area contributed by atoms with Gasteiger partial charge in [0.05, 0.1) is 17.4 Å². The van der Waals surface area contributed by atoms with Crippen LogP contribution in [-0.4, -0.2) is 68.9 Å². The Hall–Kier alpha value is -3.60. The molecule has 2 bridgehead atoms. The lowest BCUT2D eigenvalue weighted by Crippen LogP contribution is -2.58. The van der Waals surface area contributed by atoms with E-state index >= 15 is 0 Å². The summed E-state index contributed by atoms with van der Waals surface area (Å²) in [6, 6.07) is 2.92. The van der Waals surface area contributed by atoms with Crippen LogP contribution in [0.25, 0.3) is 10.9 Å². The van der Waals surface area contributed by atoms with Gasteiger partial charge in [-0.1, -0.05) is 65.3 Å². The lowest BCUT2D eigenvalue weighted by atomic mass is 9.85. The minimum Gasteiger partial charge on any atom is -0.459 e. The van der Waals surface area contributed by atoms with Crippen molar-refractivity contribution in [2.75, 3.05) is 6.54 Å². The molecule has 0 spiro atoms. The molecule has 8 atom stereocenters. The van der Waals surface area contributed by atoms with Gasteiger partial charge in [-0.15, -0.1) is 0 Å². The summed E-state index contributed by atoms with van der Waals surface area (Å²) in [7, 11) is 0. The number of nitrogens with zero attached hydrogens (tertiary/aromatic N) is 3. The zero-order valence-electron chi connectivity index (χ0n) is 30.1. The number of esters is 1. The summed E-state index contributed by atoms with van der Waals surface area (Å²) in [4.78, 5) is 61.9. The molecule has 1 aliphatic carbocycles. The highest BCUT2D eigenvalue weighted by molar-refractivity contribution is 6.31. The molecule has 12 heteroatoms. The first-order chi connectivity index (χ1) is 22.9. The largest absolute Gasteiger partial charge is 0.459 e. The maximum atomic E-state index is 14.6. The molecular formula is C37H51ClN4O7. The van der Waals surface area contributed by atoms with E-state index in [4.69, 9.17) is 30.8 Å². The van der Waals surface area contributed by atoms with Crippen LogP contribution in [0.4, 0.5) is 4.79 Å². The Labute approximate surface area is 293 Å². The third-order valence-corrected chi connectivity index (χ3v) is 10.5. The maximum Gasteiger partial charge on any atom is 0.408 e. The molecule has 268 valence electrons. The van der Waals surface area contributed by atoms with Gasteiger partial charge in [-0.05, 0) is 81.4 Å². The first-order valence-corrected chi connectivity index (χ1v) is 17.8. The van der Waals surface area contributed by atoms with Crippen LogP contribution >= 0.6 is 11.6 Å². The summed E-state index contributed by atoms with van der Waals surface area (Å²) >= 11 is 6.28. The topological polar surface area (TPSA) is 129 Å². The zero-order chi connectivity index (χ0) is 36.0. The predicted octanol–water partition coefficient (Wildman–Crippen LogP) is 6.14. The van der Waals surface area contributed by atoms with Gasteiger partial charge < -0.3 is 24.4 Å². The summed E-state index contributed by atoms with van der Waals surface area (Å²) in [6.07, 6.45) is 4.48. The normalized spacial score (nSPS) is 30.7. The molecule has 1 saturated heterocycles. The minimum atomic E-state index is -1.03. The minimum absolute atomic E-state index is 0.00770. The van der Waals surface area contributed by atoms with E-state index in [9.17, 15) is 19.2 Å². The smallest absolute Gasteiger partial charge is 0.408 e. The molecule has 2 aromatic rings. The van der Waals surface area contributed by atoms with Crippen molar-refractivity contribution in [1.82, 2.24) is 19.8 Å². The number of hydrogen-bond donors (Lipinski definition) is 1. The second-order valence-corrected chi connectivity index (χ2v) is 16.6. The number of carbonyl (C=O) groups excluding carboxylic acids is 3. The zero-order valence-corrected chi connectivity index (χ0v) is 30.9. The molecule has 11 nitrogen and oxygen atoms in total. The van der Waals surface area contributed by atoms with Gasteiger partial charge in [0.1, 0.15) is 29.9 Å². The van der Waals surface area contributed by atoms with Crippen molar-refractivity contribution in [1.29, 1.82) is 0 Å². The van der Waals surface area contributed by atoms with Crippen molar-refractivity contribution < 1.29 is 28.6 Å². The summed E-state index contributed by atoms with van der Waals surface area (Å²) in [5.41, 5.74) is -1.47. The van der Waals surface area contributed by atoms with Gasteiger partial charge in [0.15, 0.2) is 0 Å². The van der Waals surface area contributed by atoms with E-state index in [2.05, 4.69) is 19.2 Å². The van der Waals surface area contributed by atoms with E-state index in [1.54, 1.807) is 39.0 Å². The molecule has 1 aromatic carbocycles. The highest BCUT2D eigenvalue weighted by Gasteiger charge is 2.52. The number of benzene rings is 1. The van der Waals surface area contributed by atoms with Crippen LogP contribution in [0.15, 0.2) is 35.1 Å². The Morgan fingerprint density at radius 3 is 2.39 bits per heavy atom. The average Bonchev–Trinajstić information content (AvgIpc) is 3.44. The number of halogens is 1. The molecule has 1 saturated carbocycles. The van der Waals surface area contributed by atoms with Gasteiger partial charge in [-0.3, -0.25) is 14.2 Å². The molecule has 2 aliphatic heterocycles. The van der Waals surface area contributed by atoms with Crippen LogP contribution in [0.1, 0.15) is 81.6 Å². The van der Waals surface area contributed by atoms with Crippen molar-refractivity contribution in [2.24, 2.45) is 29.1 Å². The lowest BCUT2D eigenvalue weighted by Gasteiger charge is -2.36. The van der Waals surface area contributed by atoms with Gasteiger partial charge >= 0.3 is 12.1 Å². The van der Waals surface area contributed by atoms with Gasteiger partial charge in [-0.2, -0.15) is 4.98 Å². The molecule has 3 aliphatic rings. The number of hydrogen-bond acceptors (Lipinski definition) is 8. The monoisotopic (exact) mass is 698 g/mol. The maximum absolute atomic E-state index is 14.6. The molecule has 1 aromatic heterocycles. The lowest BCUT2D eigenvalue weighted by molar-refractivity contribution is -0.165. The summed E-state index contributed by atoms with van der Waals surface area (Å²) in [6.45, 7) is 17.2. The fourth-order valence-corrected chi connectivity index (χ4v) is 7.55. The van der Waals surface area contributed by atoms with Crippen molar-refractivity contribution >= 4 is 40.5 Å². The number of fused-ring (bicyclic) bond motifs is 5. The Morgan fingerprint density at radius 1 is 1.00 bits per heavy atom. The van der Waals surface area contributed by atoms with Crippen LogP contribution in [-0.2, 0) is 25.6 Å². The predicted molar refractivity (Wildman–Crippen MR) is 187 cm³/mol. The first-order valence-electron chi connectivity index (χ1n) is 17.4. The molecule has 49 heavy (non-hydrogen) atoms. The number of allylic oxidation sites excluding steroid dienone is 2. The van der Waals surface area contributed by atoms with Crippen molar-refractivity contribution in [3.63, 3.8) is 0 Å². The standard InChI is InChI=1S/C37H51ClN4O7/c1-20-17-27-24(21(20)2)13-11-10-12-16-41-31(43)25-15-14-23(38)18-26(25)39-34(41)47-28-19-42(29(22(28)3)33(45)49-37(7,8)9)32(44)30(36(4,5)6)40-35(46)48-27/h10,12,14-15,18,20-22,24,27-30H,11,13,16-17,19H2,1-9H3,(H,40,46)/b12-10+/t20-,21-,22+,24+,27+,28-,29-,30+/m0/s1. The summed E-state index contributed by atoms with van der Waals surface area (Å²) in [5, 5.41) is 3.70. The van der Waals surface area contributed by atoms with Gasteiger partial charge in [-0.25, -0.2) is 9.59 Å². The average molecular weight is 699 g/mol. The van der Waals surface area contributed by atoms with Crippen LogP contribution in [0.2, 0.25) is 5.02 Å². The van der Waals surface area contributed by atoms with Crippen LogP contribution in [0.3, 0.4) is 0 Å². The number of ether oxygens (including phenoxy) is 3. The number of aromatic nitrogens is 2. The van der Waals surface area contributed by atoms with E-state index in [1.807, 2.05) is 39.8 Å². The first kappa shape index (κ1) is 36.7. The highest BCUT2D eigenvalue weighted by Crippen LogP contribution is 2.41. The Morgan fingerprint density at radius 2 is 1.71 bits per heavy atom. The number of alkyl carbamates (subject to hydrolysis) is 1. The van der Waals surface area contributed by atoms with E-state index in [1.165, 1.54) is 9.47 Å². The van der Waals surface area contributed by atoms with E-state index in [0.29, 0.717) is 27.8 Å². The highest BCUT2D eigenvalue weighted by atomic mass is 35.5. The van der Waals surface area contributed by atoms with Gasteiger partial charge in [0, 0.05) is 17.5 Å². The van der Waals surface area contributed by atoms with E-state index < -0.39 is 53.1 Å². The molecule has 0 unspecified atom stereocenters. The molecule has 2 amide bonds. The van der Waals surface area contributed by atoms with Crippen LogP contribution in [0, 0.1) is 29.1 Å². The molecule has 3 heterocycles. The second-order valence-electron chi connectivity index (χ2n) is 16.1. The third-order valence-electron chi connectivity index (χ3n) is 10.3. The molecule has 5 rings (SSSR count).